The Kier molecular flexibility index (Phi) is 6.77. The van der Waals surface area contributed by atoms with Gasteiger partial charge in [-0.2, -0.15) is 0 Å². The Morgan fingerprint density at radius 3 is 2.20 bits per heavy atom. The van der Waals surface area contributed by atoms with E-state index in [1.165, 1.54) is 4.90 Å². The second kappa shape index (κ2) is 9.30. The van der Waals surface area contributed by atoms with Gasteiger partial charge in [-0.1, -0.05) is 48.0 Å². The molecule has 1 aliphatic heterocycles. The van der Waals surface area contributed by atoms with Crippen molar-refractivity contribution in [1.82, 2.24) is 15.5 Å². The molecule has 2 aromatic carbocycles. The smallest absolute Gasteiger partial charge is 0.325 e. The molecule has 3 rings (SSSR count). The van der Waals surface area contributed by atoms with E-state index >= 15 is 0 Å². The van der Waals surface area contributed by atoms with Crippen LogP contribution >= 0.6 is 11.6 Å². The first-order valence-corrected chi connectivity index (χ1v) is 10.4. The zero-order valence-corrected chi connectivity index (χ0v) is 18.0. The Labute approximate surface area is 181 Å². The van der Waals surface area contributed by atoms with E-state index in [4.69, 9.17) is 11.6 Å². The van der Waals surface area contributed by atoms with Crippen molar-refractivity contribution in [1.29, 1.82) is 0 Å². The van der Waals surface area contributed by atoms with Crippen molar-refractivity contribution < 1.29 is 14.4 Å². The fourth-order valence-electron chi connectivity index (χ4n) is 3.30. The molecule has 30 heavy (non-hydrogen) atoms. The van der Waals surface area contributed by atoms with Gasteiger partial charge in [0.1, 0.15) is 5.54 Å². The number of aryl methyl sites for hydroxylation is 1. The Morgan fingerprint density at radius 1 is 1.00 bits per heavy atom. The Hall–Kier alpha value is -2.86. The largest absolute Gasteiger partial charge is 0.352 e. The van der Waals surface area contributed by atoms with Crippen LogP contribution in [0.1, 0.15) is 43.4 Å². The predicted octanol–water partition coefficient (Wildman–Crippen LogP) is 3.81. The number of amides is 4. The van der Waals surface area contributed by atoms with Crippen LogP contribution in [0, 0.1) is 0 Å². The number of nitrogens with zero attached hydrogens (tertiary/aromatic N) is 1. The summed E-state index contributed by atoms with van der Waals surface area (Å²) in [6, 6.07) is 14.8. The molecule has 1 fully saturated rings. The molecule has 1 saturated heterocycles. The van der Waals surface area contributed by atoms with Crippen molar-refractivity contribution >= 4 is 29.4 Å². The van der Waals surface area contributed by atoms with E-state index in [9.17, 15) is 14.4 Å². The van der Waals surface area contributed by atoms with Crippen LogP contribution in [0.5, 0.6) is 0 Å². The molecular weight excluding hydrogens is 402 g/mol. The zero-order valence-electron chi connectivity index (χ0n) is 17.2. The molecule has 0 atom stereocenters. The lowest BCUT2D eigenvalue weighted by Crippen LogP contribution is -2.40. The molecule has 6 nitrogen and oxygen atoms in total. The minimum atomic E-state index is -0.866. The lowest BCUT2D eigenvalue weighted by atomic mass is 10.1. The number of carbonyl (C=O) groups is 3. The molecule has 1 aliphatic rings. The molecule has 1 heterocycles. The van der Waals surface area contributed by atoms with Gasteiger partial charge in [0.15, 0.2) is 0 Å². The fraction of sp³-hybridized carbons (Fsp3) is 0.348. The highest BCUT2D eigenvalue weighted by Gasteiger charge is 2.43. The molecular formula is C23H26ClN3O3. The summed E-state index contributed by atoms with van der Waals surface area (Å²) in [5, 5.41) is 6.30. The molecule has 0 unspecified atom stereocenters. The molecule has 0 aliphatic carbocycles. The number of hydrogen-bond acceptors (Lipinski definition) is 3. The van der Waals surface area contributed by atoms with Crippen molar-refractivity contribution in [2.24, 2.45) is 0 Å². The average Bonchev–Trinajstić information content (AvgIpc) is 2.90. The first-order chi connectivity index (χ1) is 14.2. The summed E-state index contributed by atoms with van der Waals surface area (Å²) >= 11 is 5.87. The monoisotopic (exact) mass is 427 g/mol. The van der Waals surface area contributed by atoms with E-state index in [1.54, 1.807) is 13.8 Å². The van der Waals surface area contributed by atoms with Gasteiger partial charge in [0.2, 0.25) is 5.91 Å². The van der Waals surface area contributed by atoms with Gasteiger partial charge in [0.25, 0.3) is 5.91 Å². The molecule has 0 aromatic heterocycles. The van der Waals surface area contributed by atoms with E-state index in [1.807, 2.05) is 48.5 Å². The third-order valence-corrected chi connectivity index (χ3v) is 5.33. The summed E-state index contributed by atoms with van der Waals surface area (Å²) in [4.78, 5) is 37.5. The average molecular weight is 428 g/mol. The summed E-state index contributed by atoms with van der Waals surface area (Å²) in [5.41, 5.74) is 2.11. The highest BCUT2D eigenvalue weighted by molar-refractivity contribution is 6.30. The van der Waals surface area contributed by atoms with Gasteiger partial charge in [-0.25, -0.2) is 4.79 Å². The second-order valence-corrected chi connectivity index (χ2v) is 8.46. The number of imide groups is 1. The SMILES string of the molecule is CC1(C)NC(=O)N(Cc2ccc(CNC(=O)CCCc3ccc(Cl)cc3)cc2)C1=O. The van der Waals surface area contributed by atoms with Gasteiger partial charge in [0, 0.05) is 18.0 Å². The summed E-state index contributed by atoms with van der Waals surface area (Å²) in [6.45, 7) is 4.05. The van der Waals surface area contributed by atoms with Crippen molar-refractivity contribution in [3.05, 3.63) is 70.2 Å². The topological polar surface area (TPSA) is 78.5 Å². The molecule has 0 bridgehead atoms. The minimum Gasteiger partial charge on any atom is -0.352 e. The number of hydrogen-bond donors (Lipinski definition) is 2. The van der Waals surface area contributed by atoms with Crippen LogP contribution in [-0.4, -0.2) is 28.3 Å². The van der Waals surface area contributed by atoms with Crippen LogP contribution in [0.4, 0.5) is 4.79 Å². The highest BCUT2D eigenvalue weighted by Crippen LogP contribution is 2.19. The van der Waals surface area contributed by atoms with Crippen LogP contribution in [0.3, 0.4) is 0 Å². The third-order valence-electron chi connectivity index (χ3n) is 5.08. The van der Waals surface area contributed by atoms with Crippen molar-refractivity contribution in [2.75, 3.05) is 0 Å². The van der Waals surface area contributed by atoms with Crippen LogP contribution < -0.4 is 10.6 Å². The number of rotatable bonds is 8. The maximum Gasteiger partial charge on any atom is 0.325 e. The number of benzene rings is 2. The van der Waals surface area contributed by atoms with Crippen LogP contribution in [0.15, 0.2) is 48.5 Å². The van der Waals surface area contributed by atoms with E-state index in [-0.39, 0.29) is 24.4 Å². The molecule has 7 heteroatoms. The van der Waals surface area contributed by atoms with E-state index < -0.39 is 5.54 Å². The van der Waals surface area contributed by atoms with Gasteiger partial charge >= 0.3 is 6.03 Å². The number of carbonyl (C=O) groups excluding carboxylic acids is 3. The second-order valence-electron chi connectivity index (χ2n) is 8.02. The maximum atomic E-state index is 12.3. The highest BCUT2D eigenvalue weighted by atomic mass is 35.5. The van der Waals surface area contributed by atoms with Crippen LogP contribution in [0.25, 0.3) is 0 Å². The quantitative estimate of drug-likeness (QED) is 0.629. The van der Waals surface area contributed by atoms with E-state index in [0.717, 1.165) is 29.5 Å². The van der Waals surface area contributed by atoms with Gasteiger partial charge < -0.3 is 10.6 Å². The molecule has 4 amide bonds. The van der Waals surface area contributed by atoms with E-state index in [2.05, 4.69) is 10.6 Å². The standard InChI is InChI=1S/C23H26ClN3O3/c1-23(2)21(29)27(22(30)26-23)15-18-8-6-17(7-9-18)14-25-20(28)5-3-4-16-10-12-19(24)13-11-16/h6-13H,3-5,14-15H2,1-2H3,(H,25,28)(H,26,30). The summed E-state index contributed by atoms with van der Waals surface area (Å²) in [6.07, 6.45) is 2.07. The maximum absolute atomic E-state index is 12.3. The summed E-state index contributed by atoms with van der Waals surface area (Å²) < 4.78 is 0. The number of halogens is 1. The van der Waals surface area contributed by atoms with Gasteiger partial charge in [-0.3, -0.25) is 14.5 Å². The van der Waals surface area contributed by atoms with Crippen molar-refractivity contribution in [2.45, 2.75) is 51.7 Å². The molecule has 0 spiro atoms. The third kappa shape index (κ3) is 5.60. The molecule has 158 valence electrons. The summed E-state index contributed by atoms with van der Waals surface area (Å²) in [7, 11) is 0. The minimum absolute atomic E-state index is 0.00889. The molecule has 0 saturated carbocycles. The van der Waals surface area contributed by atoms with Gasteiger partial charge in [0.05, 0.1) is 6.54 Å². The Bertz CT molecular complexity index is 924. The zero-order chi connectivity index (χ0) is 21.7. The van der Waals surface area contributed by atoms with Gasteiger partial charge in [-0.05, 0) is 55.5 Å². The first-order valence-electron chi connectivity index (χ1n) is 9.98. The van der Waals surface area contributed by atoms with E-state index in [0.29, 0.717) is 18.0 Å². The Balaban J connectivity index is 1.42. The van der Waals surface area contributed by atoms with Crippen LogP contribution in [0.2, 0.25) is 5.02 Å². The van der Waals surface area contributed by atoms with Crippen molar-refractivity contribution in [3.63, 3.8) is 0 Å². The lowest BCUT2D eigenvalue weighted by Gasteiger charge is -2.16. The summed E-state index contributed by atoms with van der Waals surface area (Å²) in [5.74, 6) is -0.225. The normalized spacial score (nSPS) is 15.2. The number of nitrogens with one attached hydrogen (secondary N) is 2. The van der Waals surface area contributed by atoms with Crippen molar-refractivity contribution in [3.8, 4) is 0 Å². The van der Waals surface area contributed by atoms with Crippen LogP contribution in [-0.2, 0) is 29.1 Å². The molecule has 2 aromatic rings. The Morgan fingerprint density at radius 2 is 1.60 bits per heavy atom. The lowest BCUT2D eigenvalue weighted by molar-refractivity contribution is -0.130. The fourth-order valence-corrected chi connectivity index (χ4v) is 3.43. The predicted molar refractivity (Wildman–Crippen MR) is 116 cm³/mol. The number of urea groups is 1. The first kappa shape index (κ1) is 21.8. The molecule has 0 radical (unpaired) electrons. The molecule has 2 N–H and O–H groups in total. The van der Waals surface area contributed by atoms with Gasteiger partial charge in [-0.15, -0.1) is 0 Å².